The molecule has 6 nitrogen and oxygen atoms in total. The first-order valence-electron chi connectivity index (χ1n) is 6.71. The molecule has 2 aromatic rings. The fourth-order valence-electron chi connectivity index (χ4n) is 1.99. The number of nitrogens with one attached hydrogen (secondary N) is 1. The molecule has 0 bridgehead atoms. The van der Waals surface area contributed by atoms with Crippen molar-refractivity contribution in [3.8, 4) is 5.69 Å². The van der Waals surface area contributed by atoms with Gasteiger partial charge in [-0.05, 0) is 19.1 Å². The number of benzene rings is 1. The Morgan fingerprint density at radius 2 is 2.09 bits per heavy atom. The van der Waals surface area contributed by atoms with Crippen molar-refractivity contribution in [2.24, 2.45) is 0 Å². The van der Waals surface area contributed by atoms with Gasteiger partial charge in [-0.1, -0.05) is 17.3 Å². The summed E-state index contributed by atoms with van der Waals surface area (Å²) in [5.74, 6) is -0.537. The lowest BCUT2D eigenvalue weighted by atomic mass is 10.1. The van der Waals surface area contributed by atoms with Gasteiger partial charge in [0.1, 0.15) is 0 Å². The summed E-state index contributed by atoms with van der Waals surface area (Å²) in [5, 5.41) is 9.84. The highest BCUT2D eigenvalue weighted by Crippen LogP contribution is 2.33. The Kier molecular flexibility index (Phi) is 4.99. The van der Waals surface area contributed by atoms with Crippen LogP contribution in [-0.4, -0.2) is 40.7 Å². The number of halogens is 3. The lowest BCUT2D eigenvalue weighted by Crippen LogP contribution is -2.35. The van der Waals surface area contributed by atoms with Crippen molar-refractivity contribution < 1.29 is 22.7 Å². The summed E-state index contributed by atoms with van der Waals surface area (Å²) in [6.45, 7) is 2.03. The van der Waals surface area contributed by atoms with Crippen molar-refractivity contribution in [2.75, 3.05) is 13.7 Å². The van der Waals surface area contributed by atoms with Crippen LogP contribution in [0.2, 0.25) is 0 Å². The fraction of sp³-hybridized carbons (Fsp3) is 0.357. The molecule has 1 aromatic heterocycles. The second kappa shape index (κ2) is 6.78. The molecule has 1 N–H and O–H groups in total. The lowest BCUT2D eigenvalue weighted by molar-refractivity contribution is -0.137. The van der Waals surface area contributed by atoms with Crippen LogP contribution in [-0.2, 0) is 10.9 Å². The number of aromatic nitrogens is 3. The number of nitrogens with zero attached hydrogens (tertiary/aromatic N) is 3. The van der Waals surface area contributed by atoms with E-state index in [1.165, 1.54) is 25.3 Å². The van der Waals surface area contributed by atoms with E-state index < -0.39 is 17.6 Å². The number of para-hydroxylation sites is 1. The number of ether oxygens (including phenoxy) is 1. The Morgan fingerprint density at radius 3 is 2.74 bits per heavy atom. The third-order valence-electron chi connectivity index (χ3n) is 2.98. The first-order valence-corrected chi connectivity index (χ1v) is 6.71. The molecule has 1 atom stereocenters. The van der Waals surface area contributed by atoms with Crippen LogP contribution in [0, 0.1) is 0 Å². The van der Waals surface area contributed by atoms with Crippen LogP contribution >= 0.6 is 0 Å². The molecule has 23 heavy (non-hydrogen) atoms. The molecule has 0 saturated carbocycles. The van der Waals surface area contributed by atoms with Gasteiger partial charge in [-0.15, -0.1) is 5.10 Å². The SMILES string of the molecule is COCC(C)NC(=O)c1cn(-c2ccccc2C(F)(F)F)nn1. The van der Waals surface area contributed by atoms with Crippen molar-refractivity contribution in [1.29, 1.82) is 0 Å². The molecule has 0 aliphatic rings. The van der Waals surface area contributed by atoms with E-state index in [9.17, 15) is 18.0 Å². The molecular weight excluding hydrogens is 313 g/mol. The molecular formula is C14H15F3N4O2. The standard InChI is InChI=1S/C14H15F3N4O2/c1-9(8-23-2)18-13(22)11-7-21(20-19-11)12-6-4-3-5-10(12)14(15,16)17/h3-7,9H,8H2,1-2H3,(H,18,22). The van der Waals surface area contributed by atoms with Gasteiger partial charge in [0.25, 0.3) is 5.91 Å². The van der Waals surface area contributed by atoms with E-state index >= 15 is 0 Å². The quantitative estimate of drug-likeness (QED) is 0.912. The van der Waals surface area contributed by atoms with Crippen molar-refractivity contribution in [3.63, 3.8) is 0 Å². The highest BCUT2D eigenvalue weighted by atomic mass is 19.4. The zero-order chi connectivity index (χ0) is 17.0. The minimum absolute atomic E-state index is 0.0788. The van der Waals surface area contributed by atoms with Crippen molar-refractivity contribution in [3.05, 3.63) is 41.7 Å². The minimum Gasteiger partial charge on any atom is -0.383 e. The summed E-state index contributed by atoms with van der Waals surface area (Å²) in [6, 6.07) is 4.67. The zero-order valence-electron chi connectivity index (χ0n) is 12.5. The van der Waals surface area contributed by atoms with Crippen molar-refractivity contribution in [2.45, 2.75) is 19.1 Å². The molecule has 2 rings (SSSR count). The van der Waals surface area contributed by atoms with Crippen LogP contribution in [0.15, 0.2) is 30.5 Å². The predicted octanol–water partition coefficient (Wildman–Crippen LogP) is 2.05. The number of hydrogen-bond donors (Lipinski definition) is 1. The van der Waals surface area contributed by atoms with E-state index in [-0.39, 0.29) is 17.4 Å². The van der Waals surface area contributed by atoms with Gasteiger partial charge >= 0.3 is 6.18 Å². The van der Waals surface area contributed by atoms with E-state index in [0.29, 0.717) is 6.61 Å². The molecule has 124 valence electrons. The van der Waals surface area contributed by atoms with Crippen molar-refractivity contribution >= 4 is 5.91 Å². The molecule has 1 unspecified atom stereocenters. The second-order valence-electron chi connectivity index (χ2n) is 4.89. The molecule has 1 amide bonds. The van der Waals surface area contributed by atoms with Crippen LogP contribution in [0.3, 0.4) is 0 Å². The van der Waals surface area contributed by atoms with Gasteiger partial charge in [-0.25, -0.2) is 4.68 Å². The third-order valence-corrected chi connectivity index (χ3v) is 2.98. The first kappa shape index (κ1) is 16.9. The van der Waals surface area contributed by atoms with Gasteiger partial charge in [-0.3, -0.25) is 4.79 Å². The van der Waals surface area contributed by atoms with E-state index in [0.717, 1.165) is 16.9 Å². The third kappa shape index (κ3) is 4.07. The van der Waals surface area contributed by atoms with Crippen LogP contribution in [0.5, 0.6) is 0 Å². The monoisotopic (exact) mass is 328 g/mol. The van der Waals surface area contributed by atoms with E-state index in [1.807, 2.05) is 0 Å². The Hall–Kier alpha value is -2.42. The predicted molar refractivity (Wildman–Crippen MR) is 75.2 cm³/mol. The van der Waals surface area contributed by atoms with Gasteiger partial charge in [-0.2, -0.15) is 13.2 Å². The molecule has 0 saturated heterocycles. The number of methoxy groups -OCH3 is 1. The average Bonchev–Trinajstić information content (AvgIpc) is 2.96. The molecule has 9 heteroatoms. The molecule has 0 aliphatic heterocycles. The summed E-state index contributed by atoms with van der Waals surface area (Å²) in [4.78, 5) is 12.0. The normalized spacial score (nSPS) is 12.9. The first-order chi connectivity index (χ1) is 10.8. The smallest absolute Gasteiger partial charge is 0.383 e. The second-order valence-corrected chi connectivity index (χ2v) is 4.89. The summed E-state index contributed by atoms with van der Waals surface area (Å²) in [6.07, 6.45) is -3.38. The Balaban J connectivity index is 2.25. The number of hydrogen-bond acceptors (Lipinski definition) is 4. The molecule has 0 fully saturated rings. The van der Waals surface area contributed by atoms with Gasteiger partial charge in [0, 0.05) is 13.2 Å². The van der Waals surface area contributed by atoms with Crippen LogP contribution in [0.1, 0.15) is 23.0 Å². The minimum atomic E-state index is -4.53. The number of carbonyl (C=O) groups is 1. The molecule has 1 aromatic carbocycles. The molecule has 0 aliphatic carbocycles. The Bertz CT molecular complexity index is 685. The van der Waals surface area contributed by atoms with Gasteiger partial charge < -0.3 is 10.1 Å². The summed E-state index contributed by atoms with van der Waals surface area (Å²) < 4.78 is 44.8. The highest BCUT2D eigenvalue weighted by Gasteiger charge is 2.34. The van der Waals surface area contributed by atoms with Crippen LogP contribution in [0.25, 0.3) is 5.69 Å². The fourth-order valence-corrected chi connectivity index (χ4v) is 1.99. The van der Waals surface area contributed by atoms with Crippen molar-refractivity contribution in [1.82, 2.24) is 20.3 Å². The summed E-state index contributed by atoms with van der Waals surface area (Å²) >= 11 is 0. The van der Waals surface area contributed by atoms with Gasteiger partial charge in [0.05, 0.1) is 24.1 Å². The number of amides is 1. The maximum Gasteiger partial charge on any atom is 0.418 e. The number of carbonyl (C=O) groups excluding carboxylic acids is 1. The topological polar surface area (TPSA) is 69.0 Å². The van der Waals surface area contributed by atoms with Crippen LogP contribution in [0.4, 0.5) is 13.2 Å². The number of alkyl halides is 3. The van der Waals surface area contributed by atoms with E-state index in [2.05, 4.69) is 15.6 Å². The van der Waals surface area contributed by atoms with Crippen LogP contribution < -0.4 is 5.32 Å². The number of rotatable bonds is 5. The molecule has 0 spiro atoms. The largest absolute Gasteiger partial charge is 0.418 e. The van der Waals surface area contributed by atoms with E-state index in [1.54, 1.807) is 6.92 Å². The molecule has 1 heterocycles. The lowest BCUT2D eigenvalue weighted by Gasteiger charge is -2.12. The molecule has 0 radical (unpaired) electrons. The maximum absolute atomic E-state index is 13.0. The van der Waals surface area contributed by atoms with E-state index in [4.69, 9.17) is 4.74 Å². The Labute approximate surface area is 130 Å². The van der Waals surface area contributed by atoms with Gasteiger partial charge in [0.15, 0.2) is 5.69 Å². The van der Waals surface area contributed by atoms with Gasteiger partial charge in [0.2, 0.25) is 0 Å². The summed E-state index contributed by atoms with van der Waals surface area (Å²) in [5.41, 5.74) is -1.13. The Morgan fingerprint density at radius 1 is 1.39 bits per heavy atom. The zero-order valence-corrected chi connectivity index (χ0v) is 12.5. The average molecular weight is 328 g/mol. The summed E-state index contributed by atoms with van der Waals surface area (Å²) in [7, 11) is 1.49. The highest BCUT2D eigenvalue weighted by molar-refractivity contribution is 5.92. The maximum atomic E-state index is 13.0.